The average molecular weight is 469 g/mol. The van der Waals surface area contributed by atoms with Crippen molar-refractivity contribution in [1.82, 2.24) is 10.6 Å². The van der Waals surface area contributed by atoms with Crippen LogP contribution in [0.2, 0.25) is 0 Å². The van der Waals surface area contributed by atoms with Crippen molar-refractivity contribution in [3.05, 3.63) is 76.1 Å². The quantitative estimate of drug-likeness (QED) is 0.580. The fourth-order valence-electron chi connectivity index (χ4n) is 3.39. The van der Waals surface area contributed by atoms with Crippen molar-refractivity contribution >= 4 is 29.3 Å². The van der Waals surface area contributed by atoms with Gasteiger partial charge in [-0.15, -0.1) is 0 Å². The van der Waals surface area contributed by atoms with E-state index in [1.54, 1.807) is 19.1 Å². The molecule has 0 fully saturated rings. The van der Waals surface area contributed by atoms with Gasteiger partial charge in [0.1, 0.15) is 11.6 Å². The van der Waals surface area contributed by atoms with Crippen molar-refractivity contribution in [2.45, 2.75) is 39.2 Å². The van der Waals surface area contributed by atoms with Gasteiger partial charge in [0.2, 0.25) is 5.91 Å². The van der Waals surface area contributed by atoms with Gasteiger partial charge < -0.3 is 20.4 Å². The van der Waals surface area contributed by atoms with E-state index in [0.717, 1.165) is 0 Å². The smallest absolute Gasteiger partial charge is 0.254 e. The van der Waals surface area contributed by atoms with Crippen LogP contribution in [0.15, 0.2) is 69.0 Å². The number of allylic oxidation sites excluding steroid dienone is 2. The van der Waals surface area contributed by atoms with E-state index in [1.807, 2.05) is 20.8 Å². The summed E-state index contributed by atoms with van der Waals surface area (Å²) in [5.41, 5.74) is 1.14. The highest BCUT2D eigenvalue weighted by Gasteiger charge is 2.36. The molecule has 0 radical (unpaired) electrons. The zero-order chi connectivity index (χ0) is 24.2. The number of nitrogens with zero attached hydrogens (tertiary/aromatic N) is 1. The van der Waals surface area contributed by atoms with E-state index in [-0.39, 0.29) is 22.8 Å². The number of furan rings is 1. The zero-order valence-corrected chi connectivity index (χ0v) is 19.6. The lowest BCUT2D eigenvalue weighted by Gasteiger charge is -2.28. The number of nitrogens with one attached hydrogen (secondary N) is 3. The SMILES string of the molecule is CC1=C(C(=O)Nc2ccc(F)cc2)C(c2ccco2)C(C#N)=C(SCC(=O)NC(C)(C)C)N1. The second-order valence-electron chi connectivity index (χ2n) is 8.51. The number of dihydropyridines is 1. The predicted octanol–water partition coefficient (Wildman–Crippen LogP) is 4.40. The number of thioether (sulfide) groups is 1. The molecular weight excluding hydrogens is 443 g/mol. The Morgan fingerprint density at radius 3 is 2.52 bits per heavy atom. The molecule has 2 amide bonds. The molecular formula is C24H25FN4O3S. The van der Waals surface area contributed by atoms with Gasteiger partial charge >= 0.3 is 0 Å². The number of halogens is 1. The third-order valence-corrected chi connectivity index (χ3v) is 5.70. The van der Waals surface area contributed by atoms with Crippen LogP contribution in [0.4, 0.5) is 10.1 Å². The first-order chi connectivity index (χ1) is 15.6. The molecule has 1 aromatic carbocycles. The number of anilines is 1. The Hall–Kier alpha value is -3.51. The number of hydrogen-bond donors (Lipinski definition) is 3. The van der Waals surface area contributed by atoms with E-state index in [1.165, 1.54) is 42.3 Å². The molecule has 33 heavy (non-hydrogen) atoms. The van der Waals surface area contributed by atoms with Crippen molar-refractivity contribution in [3.8, 4) is 6.07 Å². The fraction of sp³-hybridized carbons (Fsp3) is 0.292. The Balaban J connectivity index is 1.91. The minimum Gasteiger partial charge on any atom is -0.468 e. The molecule has 2 heterocycles. The molecule has 1 unspecified atom stereocenters. The lowest BCUT2D eigenvalue weighted by atomic mass is 9.85. The van der Waals surface area contributed by atoms with Crippen LogP contribution in [-0.4, -0.2) is 23.1 Å². The van der Waals surface area contributed by atoms with Gasteiger partial charge in [-0.2, -0.15) is 5.26 Å². The molecule has 3 rings (SSSR count). The van der Waals surface area contributed by atoms with Crippen molar-refractivity contribution in [2.24, 2.45) is 0 Å². The highest BCUT2D eigenvalue weighted by atomic mass is 32.2. The molecule has 3 N–H and O–H groups in total. The predicted molar refractivity (Wildman–Crippen MR) is 125 cm³/mol. The molecule has 1 aliphatic rings. The molecule has 2 aromatic rings. The molecule has 0 saturated carbocycles. The average Bonchev–Trinajstić information content (AvgIpc) is 3.26. The number of amides is 2. The Kier molecular flexibility index (Phi) is 7.29. The Morgan fingerprint density at radius 2 is 1.94 bits per heavy atom. The topological polar surface area (TPSA) is 107 Å². The van der Waals surface area contributed by atoms with Gasteiger partial charge in [0, 0.05) is 16.9 Å². The van der Waals surface area contributed by atoms with Crippen molar-refractivity contribution in [3.63, 3.8) is 0 Å². The summed E-state index contributed by atoms with van der Waals surface area (Å²) in [6.07, 6.45) is 1.47. The Bertz CT molecular complexity index is 1140. The fourth-order valence-corrected chi connectivity index (χ4v) is 4.28. The van der Waals surface area contributed by atoms with E-state index >= 15 is 0 Å². The molecule has 0 bridgehead atoms. The maximum Gasteiger partial charge on any atom is 0.254 e. The van der Waals surface area contributed by atoms with Crippen LogP contribution in [0.3, 0.4) is 0 Å². The van der Waals surface area contributed by atoms with Gasteiger partial charge in [-0.1, -0.05) is 11.8 Å². The molecule has 1 aliphatic heterocycles. The van der Waals surface area contributed by atoms with Crippen molar-refractivity contribution < 1.29 is 18.4 Å². The summed E-state index contributed by atoms with van der Waals surface area (Å²) in [6.45, 7) is 7.39. The number of carbonyl (C=O) groups is 2. The first kappa shape index (κ1) is 24.1. The van der Waals surface area contributed by atoms with Crippen LogP contribution < -0.4 is 16.0 Å². The van der Waals surface area contributed by atoms with Crippen LogP contribution in [-0.2, 0) is 9.59 Å². The largest absolute Gasteiger partial charge is 0.468 e. The lowest BCUT2D eigenvalue weighted by Crippen LogP contribution is -2.41. The molecule has 1 aromatic heterocycles. The maximum absolute atomic E-state index is 13.2. The van der Waals surface area contributed by atoms with Crippen LogP contribution in [0.5, 0.6) is 0 Å². The van der Waals surface area contributed by atoms with Gasteiger partial charge in [0.05, 0.1) is 40.2 Å². The summed E-state index contributed by atoms with van der Waals surface area (Å²) in [4.78, 5) is 25.5. The summed E-state index contributed by atoms with van der Waals surface area (Å²) < 4.78 is 18.8. The van der Waals surface area contributed by atoms with E-state index < -0.39 is 17.6 Å². The molecule has 0 aliphatic carbocycles. The van der Waals surface area contributed by atoms with Crippen molar-refractivity contribution in [2.75, 3.05) is 11.1 Å². The number of hydrogen-bond acceptors (Lipinski definition) is 6. The van der Waals surface area contributed by atoms with E-state index in [4.69, 9.17) is 4.42 Å². The third kappa shape index (κ3) is 6.05. The van der Waals surface area contributed by atoms with Gasteiger partial charge in [0.25, 0.3) is 5.91 Å². The van der Waals surface area contributed by atoms with Gasteiger partial charge in [0.15, 0.2) is 0 Å². The Labute approximate surface area is 196 Å². The highest BCUT2D eigenvalue weighted by Crippen LogP contribution is 2.41. The standard InChI is InChI=1S/C24H25FN4O3S/c1-14-20(22(31)28-16-9-7-15(25)8-10-16)21(18-6-5-11-32-18)17(12-26)23(27-14)33-13-19(30)29-24(2,3)4/h5-11,21,27H,13H2,1-4H3,(H,28,31)(H,29,30). The summed E-state index contributed by atoms with van der Waals surface area (Å²) in [7, 11) is 0. The third-order valence-electron chi connectivity index (χ3n) is 4.68. The lowest BCUT2D eigenvalue weighted by molar-refractivity contribution is -0.120. The first-order valence-corrected chi connectivity index (χ1v) is 11.2. The Morgan fingerprint density at radius 1 is 1.24 bits per heavy atom. The molecule has 9 heteroatoms. The number of rotatable bonds is 6. The van der Waals surface area contributed by atoms with E-state index in [9.17, 15) is 19.2 Å². The summed E-state index contributed by atoms with van der Waals surface area (Å²) >= 11 is 1.19. The van der Waals surface area contributed by atoms with E-state index in [0.29, 0.717) is 27.7 Å². The van der Waals surface area contributed by atoms with E-state index in [2.05, 4.69) is 22.0 Å². The van der Waals surface area contributed by atoms with Crippen LogP contribution in [0, 0.1) is 17.1 Å². The van der Waals surface area contributed by atoms with Gasteiger partial charge in [-0.25, -0.2) is 4.39 Å². The zero-order valence-electron chi connectivity index (χ0n) is 18.8. The van der Waals surface area contributed by atoms with Crippen LogP contribution in [0.25, 0.3) is 0 Å². The minimum absolute atomic E-state index is 0.0973. The monoisotopic (exact) mass is 468 g/mol. The van der Waals surface area contributed by atoms with Crippen LogP contribution in [0.1, 0.15) is 39.4 Å². The first-order valence-electron chi connectivity index (χ1n) is 10.2. The van der Waals surface area contributed by atoms with Crippen molar-refractivity contribution in [1.29, 1.82) is 5.26 Å². The molecule has 0 saturated heterocycles. The number of nitriles is 1. The molecule has 0 spiro atoms. The van der Waals surface area contributed by atoms with Gasteiger partial charge in [-0.3, -0.25) is 9.59 Å². The second kappa shape index (κ2) is 9.96. The number of benzene rings is 1. The molecule has 1 atom stereocenters. The molecule has 7 nitrogen and oxygen atoms in total. The minimum atomic E-state index is -0.764. The van der Waals surface area contributed by atoms with Gasteiger partial charge in [-0.05, 0) is 64.1 Å². The van der Waals surface area contributed by atoms with Crippen LogP contribution >= 0.6 is 11.8 Å². The summed E-state index contributed by atoms with van der Waals surface area (Å²) in [6, 6.07) is 11.0. The summed E-state index contributed by atoms with van der Waals surface area (Å²) in [5.74, 6) is -1.28. The maximum atomic E-state index is 13.2. The normalized spacial score (nSPS) is 16.2. The molecule has 172 valence electrons. The number of carbonyl (C=O) groups excluding carboxylic acids is 2. The second-order valence-corrected chi connectivity index (χ2v) is 9.50. The highest BCUT2D eigenvalue weighted by molar-refractivity contribution is 8.03. The summed E-state index contributed by atoms with van der Waals surface area (Å²) in [5, 5.41) is 19.2.